The fourth-order valence-electron chi connectivity index (χ4n) is 2.38. The molecule has 0 aromatic heterocycles. The minimum Gasteiger partial charge on any atom is -0.354 e. The Morgan fingerprint density at radius 1 is 1.04 bits per heavy atom. The van der Waals surface area contributed by atoms with E-state index in [1.165, 1.54) is 0 Å². The maximum Gasteiger partial charge on any atom is 0.317 e. The Morgan fingerprint density at radius 2 is 1.65 bits per heavy atom. The van der Waals surface area contributed by atoms with Gasteiger partial charge in [0.05, 0.1) is 6.42 Å². The largest absolute Gasteiger partial charge is 0.354 e. The summed E-state index contributed by atoms with van der Waals surface area (Å²) in [6, 6.07) is 9.69. The van der Waals surface area contributed by atoms with Gasteiger partial charge in [0.1, 0.15) is 0 Å². The smallest absolute Gasteiger partial charge is 0.317 e. The van der Waals surface area contributed by atoms with Crippen molar-refractivity contribution < 1.29 is 9.59 Å². The van der Waals surface area contributed by atoms with Crippen molar-refractivity contribution in [3.8, 4) is 0 Å². The summed E-state index contributed by atoms with van der Waals surface area (Å²) in [5.41, 5.74) is 0.983. The topological polar surface area (TPSA) is 61.4 Å². The zero-order valence-corrected chi connectivity index (χ0v) is 14.6. The molecular formula is C18H29N3O2. The Kier molecular flexibility index (Phi) is 8.16. The van der Waals surface area contributed by atoms with Crippen molar-refractivity contribution in [2.24, 2.45) is 5.92 Å². The Labute approximate surface area is 139 Å². The fraction of sp³-hybridized carbons (Fsp3) is 0.556. The van der Waals surface area contributed by atoms with Gasteiger partial charge in [-0.15, -0.1) is 0 Å². The molecule has 0 fully saturated rings. The van der Waals surface area contributed by atoms with Crippen LogP contribution in [0.1, 0.15) is 32.8 Å². The molecule has 0 spiro atoms. The van der Waals surface area contributed by atoms with Crippen LogP contribution in [0, 0.1) is 5.92 Å². The molecule has 0 bridgehead atoms. The van der Waals surface area contributed by atoms with E-state index in [2.05, 4.69) is 24.5 Å². The van der Waals surface area contributed by atoms with Crippen molar-refractivity contribution in [3.05, 3.63) is 35.9 Å². The number of amides is 3. The number of urea groups is 1. The number of benzene rings is 1. The van der Waals surface area contributed by atoms with E-state index in [-0.39, 0.29) is 18.0 Å². The van der Waals surface area contributed by atoms with E-state index in [4.69, 9.17) is 0 Å². The normalized spacial score (nSPS) is 11.9. The molecule has 0 heterocycles. The molecule has 0 aliphatic rings. The summed E-state index contributed by atoms with van der Waals surface area (Å²) in [7, 11) is 1.80. The third-order valence-corrected chi connectivity index (χ3v) is 3.72. The van der Waals surface area contributed by atoms with E-state index in [9.17, 15) is 9.59 Å². The molecule has 3 amide bonds. The van der Waals surface area contributed by atoms with Crippen molar-refractivity contribution >= 4 is 11.9 Å². The van der Waals surface area contributed by atoms with Crippen LogP contribution in [-0.4, -0.2) is 43.0 Å². The predicted molar refractivity (Wildman–Crippen MR) is 93.2 cm³/mol. The number of hydrogen-bond donors (Lipinski definition) is 2. The standard InChI is InChI=1S/C18H29N3O2/c1-14(2)12-15(3)21(4)18(23)20-11-10-19-17(22)13-16-8-6-5-7-9-16/h5-9,14-15H,10-13H2,1-4H3,(H,19,22)(H,20,23)/t15-/m0/s1. The lowest BCUT2D eigenvalue weighted by Crippen LogP contribution is -2.45. The first kappa shape index (κ1) is 19.0. The summed E-state index contributed by atoms with van der Waals surface area (Å²) in [6.07, 6.45) is 1.33. The van der Waals surface area contributed by atoms with Crippen LogP contribution in [-0.2, 0) is 11.2 Å². The Morgan fingerprint density at radius 3 is 2.26 bits per heavy atom. The summed E-state index contributed by atoms with van der Waals surface area (Å²) in [5, 5.41) is 5.64. The van der Waals surface area contributed by atoms with Crippen LogP contribution < -0.4 is 10.6 Å². The molecule has 128 valence electrons. The van der Waals surface area contributed by atoms with Gasteiger partial charge in [-0.25, -0.2) is 4.79 Å². The van der Waals surface area contributed by atoms with E-state index < -0.39 is 0 Å². The molecule has 1 aromatic carbocycles. The molecule has 2 N–H and O–H groups in total. The quantitative estimate of drug-likeness (QED) is 0.723. The first-order valence-corrected chi connectivity index (χ1v) is 8.21. The number of nitrogens with zero attached hydrogens (tertiary/aromatic N) is 1. The highest BCUT2D eigenvalue weighted by molar-refractivity contribution is 5.78. The molecule has 0 aliphatic heterocycles. The lowest BCUT2D eigenvalue weighted by Gasteiger charge is -2.26. The van der Waals surface area contributed by atoms with Gasteiger partial charge in [-0.05, 0) is 24.8 Å². The first-order chi connectivity index (χ1) is 10.9. The van der Waals surface area contributed by atoms with Crippen molar-refractivity contribution in [1.82, 2.24) is 15.5 Å². The van der Waals surface area contributed by atoms with Crippen LogP contribution in [0.5, 0.6) is 0 Å². The molecule has 1 aromatic rings. The first-order valence-electron chi connectivity index (χ1n) is 8.21. The second-order valence-corrected chi connectivity index (χ2v) is 6.33. The molecule has 5 heteroatoms. The summed E-state index contributed by atoms with van der Waals surface area (Å²) < 4.78 is 0. The molecule has 0 saturated carbocycles. The molecule has 23 heavy (non-hydrogen) atoms. The number of hydrogen-bond acceptors (Lipinski definition) is 2. The highest BCUT2D eigenvalue weighted by Gasteiger charge is 2.16. The molecule has 0 radical (unpaired) electrons. The molecule has 0 unspecified atom stereocenters. The number of carbonyl (C=O) groups excluding carboxylic acids is 2. The van der Waals surface area contributed by atoms with Gasteiger partial charge in [-0.1, -0.05) is 44.2 Å². The van der Waals surface area contributed by atoms with Gasteiger partial charge < -0.3 is 15.5 Å². The van der Waals surface area contributed by atoms with E-state index in [1.54, 1.807) is 11.9 Å². The van der Waals surface area contributed by atoms with Gasteiger partial charge in [-0.3, -0.25) is 4.79 Å². The van der Waals surface area contributed by atoms with Crippen molar-refractivity contribution in [2.45, 2.75) is 39.7 Å². The number of nitrogens with one attached hydrogen (secondary N) is 2. The van der Waals surface area contributed by atoms with Crippen molar-refractivity contribution in [3.63, 3.8) is 0 Å². The SMILES string of the molecule is CC(C)C[C@H](C)N(C)C(=O)NCCNC(=O)Cc1ccccc1. The van der Waals surface area contributed by atoms with E-state index >= 15 is 0 Å². The zero-order chi connectivity index (χ0) is 17.2. The molecule has 1 rings (SSSR count). The number of rotatable bonds is 8. The van der Waals surface area contributed by atoms with Crippen LogP contribution in [0.2, 0.25) is 0 Å². The second kappa shape index (κ2) is 9.87. The predicted octanol–water partition coefficient (Wildman–Crippen LogP) is 2.42. The maximum atomic E-state index is 12.0. The summed E-state index contributed by atoms with van der Waals surface area (Å²) >= 11 is 0. The van der Waals surface area contributed by atoms with Crippen LogP contribution in [0.4, 0.5) is 4.79 Å². The Hall–Kier alpha value is -2.04. The monoisotopic (exact) mass is 319 g/mol. The summed E-state index contributed by atoms with van der Waals surface area (Å²) in [6.45, 7) is 7.19. The average Bonchev–Trinajstić information content (AvgIpc) is 2.50. The molecular weight excluding hydrogens is 290 g/mol. The van der Waals surface area contributed by atoms with Crippen LogP contribution in [0.3, 0.4) is 0 Å². The summed E-state index contributed by atoms with van der Waals surface area (Å²) in [4.78, 5) is 25.5. The van der Waals surface area contributed by atoms with E-state index in [0.717, 1.165) is 12.0 Å². The number of carbonyl (C=O) groups is 2. The van der Waals surface area contributed by atoms with Gasteiger partial charge in [-0.2, -0.15) is 0 Å². The minimum atomic E-state index is -0.101. The Balaban J connectivity index is 2.21. The third kappa shape index (κ3) is 7.68. The van der Waals surface area contributed by atoms with E-state index in [1.807, 2.05) is 37.3 Å². The lowest BCUT2D eigenvalue weighted by atomic mass is 10.0. The lowest BCUT2D eigenvalue weighted by molar-refractivity contribution is -0.120. The Bertz CT molecular complexity index is 488. The van der Waals surface area contributed by atoms with Crippen molar-refractivity contribution in [1.29, 1.82) is 0 Å². The highest BCUT2D eigenvalue weighted by Crippen LogP contribution is 2.09. The molecule has 0 saturated heterocycles. The molecule has 0 aliphatic carbocycles. The zero-order valence-electron chi connectivity index (χ0n) is 14.6. The van der Waals surface area contributed by atoms with Crippen LogP contribution >= 0.6 is 0 Å². The highest BCUT2D eigenvalue weighted by atomic mass is 16.2. The molecule has 1 atom stereocenters. The second-order valence-electron chi connectivity index (χ2n) is 6.33. The van der Waals surface area contributed by atoms with Gasteiger partial charge >= 0.3 is 6.03 Å². The minimum absolute atomic E-state index is 0.0352. The average molecular weight is 319 g/mol. The fourth-order valence-corrected chi connectivity index (χ4v) is 2.38. The van der Waals surface area contributed by atoms with Gasteiger partial charge in [0, 0.05) is 26.2 Å². The molecule has 5 nitrogen and oxygen atoms in total. The van der Waals surface area contributed by atoms with Crippen molar-refractivity contribution in [2.75, 3.05) is 20.1 Å². The summed E-state index contributed by atoms with van der Waals surface area (Å²) in [5.74, 6) is 0.518. The van der Waals surface area contributed by atoms with Gasteiger partial charge in [0.25, 0.3) is 0 Å². The van der Waals surface area contributed by atoms with Crippen LogP contribution in [0.25, 0.3) is 0 Å². The third-order valence-electron chi connectivity index (χ3n) is 3.72. The van der Waals surface area contributed by atoms with Gasteiger partial charge in [0.15, 0.2) is 0 Å². The van der Waals surface area contributed by atoms with E-state index in [0.29, 0.717) is 25.4 Å². The maximum absolute atomic E-state index is 12.0. The van der Waals surface area contributed by atoms with Gasteiger partial charge in [0.2, 0.25) is 5.91 Å². The van der Waals surface area contributed by atoms with Crippen LogP contribution in [0.15, 0.2) is 30.3 Å².